The van der Waals surface area contributed by atoms with Crippen LogP contribution in [0.15, 0.2) is 12.5 Å². The van der Waals surface area contributed by atoms with Crippen LogP contribution >= 0.6 is 0 Å². The number of rotatable bonds is 53. The molecule has 24 nitrogen and oxygen atoms in total. The number of aryl methyl sites for hydroxylation is 1. The van der Waals surface area contributed by atoms with Gasteiger partial charge in [0.05, 0.1) is 38.0 Å². The third kappa shape index (κ3) is 36.1. The molecule has 470 valence electrons. The molecular weight excluding hydrogens is 1080 g/mol. The summed E-state index contributed by atoms with van der Waals surface area (Å²) < 4.78 is 0. The highest BCUT2D eigenvalue weighted by Gasteiger charge is 2.33. The quantitative estimate of drug-likeness (QED) is 0.0391. The van der Waals surface area contributed by atoms with Gasteiger partial charge in [0.15, 0.2) is 11.6 Å². The van der Waals surface area contributed by atoms with E-state index in [2.05, 4.69) is 36.6 Å². The second-order valence-electron chi connectivity index (χ2n) is 22.5. The van der Waals surface area contributed by atoms with E-state index in [0.717, 1.165) is 63.5 Å². The number of nitrogens with zero attached hydrogens (tertiary/aromatic N) is 1. The van der Waals surface area contributed by atoms with E-state index in [1.807, 2.05) is 0 Å². The molecule has 4 amide bonds. The molecule has 0 bridgehead atoms. The molecule has 0 aromatic carbocycles. The van der Waals surface area contributed by atoms with Crippen molar-refractivity contribution in [1.29, 1.82) is 0 Å². The Balaban J connectivity index is 2.46. The van der Waals surface area contributed by atoms with Crippen LogP contribution in [0.2, 0.25) is 0 Å². The first kappa shape index (κ1) is 74.7. The molecule has 0 radical (unpaired) electrons. The molecule has 0 saturated heterocycles. The van der Waals surface area contributed by atoms with E-state index in [9.17, 15) is 78.0 Å². The fourth-order valence-corrected chi connectivity index (χ4v) is 9.50. The van der Waals surface area contributed by atoms with E-state index in [1.54, 1.807) is 20.0 Å². The fraction of sp³-hybridized carbons (Fsp3) is 0.746. The lowest BCUT2D eigenvalue weighted by Gasteiger charge is -2.25. The van der Waals surface area contributed by atoms with Gasteiger partial charge in [-0.3, -0.25) is 52.7 Å². The van der Waals surface area contributed by atoms with Gasteiger partial charge in [-0.15, -0.1) is 0 Å². The minimum absolute atomic E-state index is 0.0110. The number of hydrogen-bond acceptors (Lipinski definition) is 16. The van der Waals surface area contributed by atoms with Crippen LogP contribution in [0.4, 0.5) is 0 Å². The van der Waals surface area contributed by atoms with Crippen LogP contribution in [0.1, 0.15) is 213 Å². The van der Waals surface area contributed by atoms with Crippen molar-refractivity contribution in [2.45, 2.75) is 238 Å². The van der Waals surface area contributed by atoms with Crippen LogP contribution in [0, 0.1) is 17.3 Å². The van der Waals surface area contributed by atoms with E-state index in [0.29, 0.717) is 25.7 Å². The lowest BCUT2D eigenvalue weighted by atomic mass is 9.79. The minimum Gasteiger partial charge on any atom is -0.481 e. The molecule has 0 saturated carbocycles. The van der Waals surface area contributed by atoms with Crippen molar-refractivity contribution >= 4 is 70.5 Å². The number of aliphatic hydroxyl groups excluding tert-OH is 2. The summed E-state index contributed by atoms with van der Waals surface area (Å²) in [5, 5.41) is 60.5. The Morgan fingerprint density at radius 2 is 1.14 bits per heavy atom. The largest absolute Gasteiger partial charge is 0.481 e. The van der Waals surface area contributed by atoms with E-state index in [1.165, 1.54) is 45.9 Å². The summed E-state index contributed by atoms with van der Waals surface area (Å²) in [6.45, 7) is 4.54. The van der Waals surface area contributed by atoms with Gasteiger partial charge in [-0.1, -0.05) is 97.3 Å². The lowest BCUT2D eigenvalue weighted by Crippen LogP contribution is -2.49. The fourth-order valence-electron chi connectivity index (χ4n) is 9.50. The summed E-state index contributed by atoms with van der Waals surface area (Å²) in [4.78, 5) is 156. The lowest BCUT2D eigenvalue weighted by molar-refractivity contribution is -0.145. The molecule has 1 aromatic rings. The number of nitrogens with one attached hydrogen (secondary N) is 6. The first-order chi connectivity index (χ1) is 39.4. The number of ketones is 5. The highest BCUT2D eigenvalue weighted by molar-refractivity contribution is 5.93. The number of hydrogen-bond donors (Lipinski definition) is 11. The number of aromatic amines is 1. The third-order valence-electron chi connectivity index (χ3n) is 14.7. The van der Waals surface area contributed by atoms with Crippen LogP contribution in [-0.2, 0) is 64.0 Å². The normalized spacial score (nSPS) is 13.6. The average Bonchev–Trinajstić information content (AvgIpc) is 3.96. The predicted molar refractivity (Wildman–Crippen MR) is 306 cm³/mol. The van der Waals surface area contributed by atoms with Crippen LogP contribution in [-0.4, -0.2) is 156 Å². The Labute approximate surface area is 488 Å². The van der Waals surface area contributed by atoms with Crippen molar-refractivity contribution < 1.29 is 83.1 Å². The Bertz CT molecular complexity index is 2180. The molecule has 0 aliphatic carbocycles. The number of aliphatic carboxylic acids is 3. The Kier molecular flexibility index (Phi) is 39.1. The van der Waals surface area contributed by atoms with Gasteiger partial charge in [0, 0.05) is 81.1 Å². The molecule has 83 heavy (non-hydrogen) atoms. The molecule has 6 atom stereocenters. The zero-order valence-electron chi connectivity index (χ0n) is 49.5. The monoisotopic (exact) mass is 1180 g/mol. The van der Waals surface area contributed by atoms with Gasteiger partial charge in [0.25, 0.3) is 0 Å². The van der Waals surface area contributed by atoms with Crippen molar-refractivity contribution in [3.05, 3.63) is 18.2 Å². The van der Waals surface area contributed by atoms with Gasteiger partial charge in [-0.05, 0) is 65.2 Å². The highest BCUT2D eigenvalue weighted by atomic mass is 16.4. The zero-order valence-corrected chi connectivity index (χ0v) is 49.5. The van der Waals surface area contributed by atoms with Crippen LogP contribution < -0.4 is 26.6 Å². The minimum atomic E-state index is -1.55. The average molecular weight is 1180 g/mol. The Hall–Kier alpha value is -6.27. The summed E-state index contributed by atoms with van der Waals surface area (Å²) in [7, 11) is 0. The van der Waals surface area contributed by atoms with Crippen molar-refractivity contribution in [3.63, 3.8) is 0 Å². The van der Waals surface area contributed by atoms with Crippen molar-refractivity contribution in [1.82, 2.24) is 36.6 Å². The summed E-state index contributed by atoms with van der Waals surface area (Å²) >= 11 is 0. The van der Waals surface area contributed by atoms with Crippen molar-refractivity contribution in [2.75, 3.05) is 26.2 Å². The number of H-pyrrole nitrogens is 1. The highest BCUT2D eigenvalue weighted by Crippen LogP contribution is 2.28. The first-order valence-electron chi connectivity index (χ1n) is 29.8. The maximum Gasteiger partial charge on any atom is 0.326 e. The number of carboxylic acids is 3. The van der Waals surface area contributed by atoms with Gasteiger partial charge in [-0.2, -0.15) is 0 Å². The molecule has 11 N–H and O–H groups in total. The van der Waals surface area contributed by atoms with Crippen LogP contribution in [0.3, 0.4) is 0 Å². The number of amides is 4. The smallest absolute Gasteiger partial charge is 0.326 e. The summed E-state index contributed by atoms with van der Waals surface area (Å²) in [5.74, 6) is -9.68. The second-order valence-corrected chi connectivity index (χ2v) is 22.5. The molecule has 0 aliphatic heterocycles. The number of carboxylic acid groups (broad SMARTS) is 3. The number of Topliss-reactive ketones (excluding diaryl/α,β-unsaturated/α-hetero) is 5. The third-order valence-corrected chi connectivity index (χ3v) is 14.7. The molecule has 24 heteroatoms. The Morgan fingerprint density at radius 1 is 0.590 bits per heavy atom. The SMILES string of the molecule is CC(=O)[C@@H](NC(=O)[C@H](CCCCNC(=O)CNCC(=O)[C@H](CO)NC(=O)CC[C@H](NC(=O)CC[C@H](CC(=O)CCCCCCCCCCCCCCCCC(=O)O)C(=O)O)C(=O)O)CCC(=O)C(C)(C)CC(=O)CCc1cnc[nH]1)[C@@H](C)O. The molecule has 1 heterocycles. The van der Waals surface area contributed by atoms with Crippen LogP contribution in [0.25, 0.3) is 0 Å². The zero-order chi connectivity index (χ0) is 62.2. The van der Waals surface area contributed by atoms with Crippen molar-refractivity contribution in [2.24, 2.45) is 17.3 Å². The molecule has 1 aromatic heterocycles. The number of carbonyl (C=O) groups is 12. The number of carbonyl (C=O) groups excluding carboxylic acids is 9. The van der Waals surface area contributed by atoms with E-state index in [-0.39, 0.29) is 94.6 Å². The summed E-state index contributed by atoms with van der Waals surface area (Å²) in [5.41, 5.74) is -0.198. The molecule has 0 fully saturated rings. The van der Waals surface area contributed by atoms with Gasteiger partial charge in [-0.25, -0.2) is 9.78 Å². The number of unbranched alkanes of at least 4 members (excludes halogenated alkanes) is 14. The second kappa shape index (κ2) is 43.4. The van der Waals surface area contributed by atoms with Gasteiger partial charge in [0.1, 0.15) is 35.5 Å². The van der Waals surface area contributed by atoms with Crippen molar-refractivity contribution in [3.8, 4) is 0 Å². The number of imidazole rings is 1. The summed E-state index contributed by atoms with van der Waals surface area (Å²) in [6, 6.07) is -4.12. The number of aromatic nitrogens is 2. The summed E-state index contributed by atoms with van der Waals surface area (Å²) in [6.07, 6.45) is 16.9. The van der Waals surface area contributed by atoms with Gasteiger partial charge in [0.2, 0.25) is 23.6 Å². The number of aliphatic hydroxyl groups is 2. The molecular formula is C59H97N7O17. The van der Waals surface area contributed by atoms with E-state index < -0.39 is 121 Å². The topological polar surface area (TPSA) is 395 Å². The molecule has 0 unspecified atom stereocenters. The predicted octanol–water partition coefficient (Wildman–Crippen LogP) is 4.79. The standard InChI is InChI=1S/C59H97N7O17/c1-40(68)55(41(2)69)66-56(79)42(24-29-50(73)59(3,4)34-46(71)27-26-44-35-61-39-63-44)21-19-20-32-62-53(76)37-60-36-49(72)48(38-67)65-52(75)31-28-47(58(82)83)64-51(74)30-25-43(57(80)81)33-45(70)22-17-15-13-11-9-7-5-6-8-10-12-14-16-18-23-54(77)78/h35,39-40,42-43,47-48,55,60,67-68H,5-34,36-38H2,1-4H3,(H,61,63)(H,62,76)(H,64,74)(H,65,75)(H,66,79)(H,77,78)(H,80,81)(H,82,83)/t40-,42-,43-,47+,48+,55+/m1/s1. The molecule has 0 spiro atoms. The van der Waals surface area contributed by atoms with E-state index in [4.69, 9.17) is 5.11 Å². The van der Waals surface area contributed by atoms with Gasteiger partial charge >= 0.3 is 17.9 Å². The van der Waals surface area contributed by atoms with Crippen LogP contribution in [0.5, 0.6) is 0 Å². The van der Waals surface area contributed by atoms with E-state index >= 15 is 0 Å². The first-order valence-corrected chi connectivity index (χ1v) is 29.8. The maximum absolute atomic E-state index is 13.4. The molecule has 1 rings (SSSR count). The molecule has 0 aliphatic rings. The van der Waals surface area contributed by atoms with Gasteiger partial charge < -0.3 is 57.1 Å². The Morgan fingerprint density at radius 3 is 1.66 bits per heavy atom. The maximum atomic E-state index is 13.4.